The molecule has 114 valence electrons. The van der Waals surface area contributed by atoms with Gasteiger partial charge < -0.3 is 0 Å². The maximum atomic E-state index is 12.5. The van der Waals surface area contributed by atoms with Crippen LogP contribution in [0, 0.1) is 11.8 Å². The van der Waals surface area contributed by atoms with Gasteiger partial charge in [-0.1, -0.05) is 59.8 Å². The van der Waals surface area contributed by atoms with Gasteiger partial charge in [0, 0.05) is 23.9 Å². The standard InChI is InChI=1S/C20H16ClNO/c21-19-15-17-12-6-7-13-18(17)20(23)22(19)14-8-2-5-11-16-9-3-1-4-10-16/h1,3-4,6-7,9-10,12-13,15H,2,8,14H2. The highest BCUT2D eigenvalue weighted by molar-refractivity contribution is 6.30. The van der Waals surface area contributed by atoms with Gasteiger partial charge in [-0.3, -0.25) is 9.36 Å². The predicted molar refractivity (Wildman–Crippen MR) is 95.8 cm³/mol. The molecule has 0 aliphatic rings. The van der Waals surface area contributed by atoms with Crippen molar-refractivity contribution in [2.45, 2.75) is 19.4 Å². The number of fused-ring (bicyclic) bond motifs is 1. The summed E-state index contributed by atoms with van der Waals surface area (Å²) in [6.07, 6.45) is 1.52. The lowest BCUT2D eigenvalue weighted by atomic mass is 10.2. The van der Waals surface area contributed by atoms with Gasteiger partial charge in [0.1, 0.15) is 5.15 Å². The molecule has 0 saturated carbocycles. The van der Waals surface area contributed by atoms with Crippen LogP contribution in [-0.2, 0) is 6.54 Å². The topological polar surface area (TPSA) is 22.0 Å². The minimum absolute atomic E-state index is 0.0379. The van der Waals surface area contributed by atoms with Crippen molar-refractivity contribution < 1.29 is 0 Å². The quantitative estimate of drug-likeness (QED) is 0.396. The van der Waals surface area contributed by atoms with Gasteiger partial charge in [-0.2, -0.15) is 0 Å². The molecule has 0 radical (unpaired) electrons. The zero-order valence-corrected chi connectivity index (χ0v) is 13.4. The second-order valence-electron chi connectivity index (χ2n) is 5.28. The fourth-order valence-electron chi connectivity index (χ4n) is 2.49. The summed E-state index contributed by atoms with van der Waals surface area (Å²) in [6.45, 7) is 0.575. The van der Waals surface area contributed by atoms with Crippen molar-refractivity contribution in [2.75, 3.05) is 0 Å². The average Bonchev–Trinajstić information content (AvgIpc) is 2.58. The zero-order valence-electron chi connectivity index (χ0n) is 12.6. The van der Waals surface area contributed by atoms with Crippen molar-refractivity contribution in [3.05, 3.63) is 81.7 Å². The summed E-state index contributed by atoms with van der Waals surface area (Å²) in [5, 5.41) is 2.06. The number of pyridine rings is 1. The van der Waals surface area contributed by atoms with Crippen molar-refractivity contribution in [3.63, 3.8) is 0 Å². The first-order valence-corrected chi connectivity index (χ1v) is 7.95. The van der Waals surface area contributed by atoms with Crippen LogP contribution in [0.3, 0.4) is 0 Å². The largest absolute Gasteiger partial charge is 0.298 e. The Morgan fingerprint density at radius 2 is 1.74 bits per heavy atom. The highest BCUT2D eigenvalue weighted by Crippen LogP contribution is 2.16. The normalized spacial score (nSPS) is 10.3. The van der Waals surface area contributed by atoms with Gasteiger partial charge in [0.15, 0.2) is 0 Å². The molecule has 0 aliphatic heterocycles. The number of aromatic nitrogens is 1. The minimum Gasteiger partial charge on any atom is -0.298 e. The van der Waals surface area contributed by atoms with Crippen LogP contribution in [0.4, 0.5) is 0 Å². The third kappa shape index (κ3) is 3.64. The van der Waals surface area contributed by atoms with Crippen molar-refractivity contribution in [2.24, 2.45) is 0 Å². The lowest BCUT2D eigenvalue weighted by Gasteiger charge is -2.09. The molecule has 3 heteroatoms. The van der Waals surface area contributed by atoms with E-state index in [1.54, 1.807) is 4.57 Å². The third-order valence-electron chi connectivity index (χ3n) is 3.66. The number of halogens is 1. The Morgan fingerprint density at radius 3 is 2.57 bits per heavy atom. The summed E-state index contributed by atoms with van der Waals surface area (Å²) in [5.74, 6) is 6.26. The van der Waals surface area contributed by atoms with E-state index in [-0.39, 0.29) is 5.56 Å². The first-order chi connectivity index (χ1) is 11.3. The number of hydrogen-bond acceptors (Lipinski definition) is 1. The minimum atomic E-state index is -0.0379. The fraction of sp³-hybridized carbons (Fsp3) is 0.150. The van der Waals surface area contributed by atoms with Crippen LogP contribution in [0.1, 0.15) is 18.4 Å². The molecule has 1 aromatic heterocycles. The van der Waals surface area contributed by atoms with Crippen LogP contribution in [0.15, 0.2) is 65.5 Å². The van der Waals surface area contributed by atoms with Gasteiger partial charge in [0.2, 0.25) is 0 Å². The van der Waals surface area contributed by atoms with Crippen molar-refractivity contribution in [1.29, 1.82) is 0 Å². The Hall–Kier alpha value is -2.50. The predicted octanol–water partition coefficient (Wildman–Crippen LogP) is 4.49. The van der Waals surface area contributed by atoms with E-state index in [4.69, 9.17) is 11.6 Å². The van der Waals surface area contributed by atoms with E-state index in [0.717, 1.165) is 23.8 Å². The number of unbranched alkanes of at least 4 members (excludes halogenated alkanes) is 1. The zero-order chi connectivity index (χ0) is 16.1. The van der Waals surface area contributed by atoms with Crippen LogP contribution in [0.25, 0.3) is 10.8 Å². The SMILES string of the molecule is O=c1c2ccccc2cc(Cl)n1CCCC#Cc1ccccc1. The van der Waals surface area contributed by atoms with E-state index >= 15 is 0 Å². The molecule has 0 amide bonds. The summed E-state index contributed by atoms with van der Waals surface area (Å²) in [6, 6.07) is 19.2. The molecule has 2 aromatic carbocycles. The van der Waals surface area contributed by atoms with E-state index < -0.39 is 0 Å². The second kappa shape index (κ2) is 7.17. The van der Waals surface area contributed by atoms with Crippen LogP contribution < -0.4 is 5.56 Å². The highest BCUT2D eigenvalue weighted by Gasteiger charge is 2.06. The molecule has 0 spiro atoms. The molecule has 0 unspecified atom stereocenters. The second-order valence-corrected chi connectivity index (χ2v) is 5.67. The van der Waals surface area contributed by atoms with Crippen molar-refractivity contribution in [3.8, 4) is 11.8 Å². The van der Waals surface area contributed by atoms with Gasteiger partial charge in [0.25, 0.3) is 5.56 Å². The lowest BCUT2D eigenvalue weighted by molar-refractivity contribution is 0.639. The fourth-order valence-corrected chi connectivity index (χ4v) is 2.77. The monoisotopic (exact) mass is 321 g/mol. The third-order valence-corrected chi connectivity index (χ3v) is 3.97. The smallest absolute Gasteiger partial charge is 0.259 e. The van der Waals surface area contributed by atoms with Gasteiger partial charge >= 0.3 is 0 Å². The summed E-state index contributed by atoms with van der Waals surface area (Å²) < 4.78 is 1.62. The molecule has 0 saturated heterocycles. The van der Waals surface area contributed by atoms with Gasteiger partial charge in [-0.25, -0.2) is 0 Å². The van der Waals surface area contributed by atoms with E-state index in [2.05, 4.69) is 11.8 Å². The molecule has 0 fully saturated rings. The molecule has 0 bridgehead atoms. The molecule has 1 heterocycles. The molecule has 3 aromatic rings. The number of hydrogen-bond donors (Lipinski definition) is 0. The average molecular weight is 322 g/mol. The van der Waals surface area contributed by atoms with E-state index in [9.17, 15) is 4.79 Å². The molecule has 0 aliphatic carbocycles. The van der Waals surface area contributed by atoms with Crippen LogP contribution in [0.2, 0.25) is 5.15 Å². The Labute approximate surface area is 140 Å². The first kappa shape index (κ1) is 15.4. The Morgan fingerprint density at radius 1 is 1.00 bits per heavy atom. The summed E-state index contributed by atoms with van der Waals surface area (Å²) >= 11 is 6.24. The van der Waals surface area contributed by atoms with Crippen LogP contribution in [0.5, 0.6) is 0 Å². The van der Waals surface area contributed by atoms with Gasteiger partial charge in [0.05, 0.1) is 0 Å². The van der Waals surface area contributed by atoms with Crippen LogP contribution in [-0.4, -0.2) is 4.57 Å². The number of nitrogens with zero attached hydrogens (tertiary/aromatic N) is 1. The summed E-state index contributed by atoms with van der Waals surface area (Å²) in [7, 11) is 0. The van der Waals surface area contributed by atoms with Gasteiger partial charge in [-0.05, 0) is 36.1 Å². The molecule has 0 N–H and O–H groups in total. The molecule has 3 rings (SSSR count). The Bertz CT molecular complexity index is 932. The highest BCUT2D eigenvalue weighted by atomic mass is 35.5. The summed E-state index contributed by atoms with van der Waals surface area (Å²) in [4.78, 5) is 12.5. The Balaban J connectivity index is 1.71. The van der Waals surface area contributed by atoms with Crippen LogP contribution >= 0.6 is 11.6 Å². The number of rotatable bonds is 3. The van der Waals surface area contributed by atoms with E-state index in [0.29, 0.717) is 17.1 Å². The maximum absolute atomic E-state index is 12.5. The number of benzene rings is 2. The molecule has 0 atom stereocenters. The lowest BCUT2D eigenvalue weighted by Crippen LogP contribution is -2.20. The van der Waals surface area contributed by atoms with E-state index in [1.807, 2.05) is 60.7 Å². The van der Waals surface area contributed by atoms with Crippen molar-refractivity contribution in [1.82, 2.24) is 4.57 Å². The molecule has 2 nitrogen and oxygen atoms in total. The molecular formula is C20H16ClNO. The Kier molecular flexibility index (Phi) is 4.80. The summed E-state index contributed by atoms with van der Waals surface area (Å²) in [5.41, 5.74) is 0.970. The van der Waals surface area contributed by atoms with Gasteiger partial charge in [-0.15, -0.1) is 0 Å². The van der Waals surface area contributed by atoms with Crippen molar-refractivity contribution >= 4 is 22.4 Å². The van der Waals surface area contributed by atoms with E-state index in [1.165, 1.54) is 0 Å². The molecule has 23 heavy (non-hydrogen) atoms. The maximum Gasteiger partial charge on any atom is 0.259 e. The molecular weight excluding hydrogens is 306 g/mol. The first-order valence-electron chi connectivity index (χ1n) is 7.58.